The summed E-state index contributed by atoms with van der Waals surface area (Å²) in [6, 6.07) is 19.1. The molecule has 4 heteroatoms. The van der Waals surface area contributed by atoms with Gasteiger partial charge in [0.2, 0.25) is 7.37 Å². The van der Waals surface area contributed by atoms with Gasteiger partial charge >= 0.3 is 0 Å². The minimum absolute atomic E-state index is 0.0680. The Morgan fingerprint density at radius 1 is 0.926 bits per heavy atom. The summed E-state index contributed by atoms with van der Waals surface area (Å²) < 4.78 is 13.5. The van der Waals surface area contributed by atoms with Crippen LogP contribution in [0.4, 0.5) is 0 Å². The first-order valence-corrected chi connectivity index (χ1v) is 11.1. The van der Waals surface area contributed by atoms with Crippen LogP contribution in [-0.4, -0.2) is 16.1 Å². The Morgan fingerprint density at radius 3 is 2.07 bits per heavy atom. The first kappa shape index (κ1) is 19.8. The molecule has 0 saturated carbocycles. The Labute approximate surface area is 162 Å². The van der Waals surface area contributed by atoms with E-state index in [0.717, 1.165) is 5.56 Å². The molecule has 0 amide bonds. The average molecular weight is 381 g/mol. The van der Waals surface area contributed by atoms with Gasteiger partial charge in [0.05, 0.1) is 5.66 Å². The maximum Gasteiger partial charge on any atom is 0.236 e. The molecule has 0 heterocycles. The van der Waals surface area contributed by atoms with E-state index < -0.39 is 13.0 Å². The van der Waals surface area contributed by atoms with Gasteiger partial charge in [-0.3, -0.25) is 4.57 Å². The molecule has 0 saturated heterocycles. The minimum atomic E-state index is -3.59. The Hall–Kier alpha value is -1.93. The van der Waals surface area contributed by atoms with Crippen LogP contribution in [0.2, 0.25) is 0 Å². The molecule has 0 spiro atoms. The van der Waals surface area contributed by atoms with Gasteiger partial charge in [-0.15, -0.1) is 0 Å². The number of nitrogens with one attached hydrogen (secondary N) is 1. The molecule has 0 aliphatic heterocycles. The molecule has 1 unspecified atom stereocenters. The monoisotopic (exact) mass is 381 g/mol. The quantitative estimate of drug-likeness (QED) is 0.730. The summed E-state index contributed by atoms with van der Waals surface area (Å²) in [5.41, 5.74) is 0.507. The van der Waals surface area contributed by atoms with Crippen molar-refractivity contribution >= 4 is 12.7 Å². The van der Waals surface area contributed by atoms with Gasteiger partial charge in [-0.05, 0) is 38.5 Å². The van der Waals surface area contributed by atoms with Crippen LogP contribution in [0.25, 0.3) is 0 Å². The van der Waals surface area contributed by atoms with Gasteiger partial charge in [-0.25, -0.2) is 0 Å². The third-order valence-electron chi connectivity index (χ3n) is 4.81. The van der Waals surface area contributed by atoms with Crippen molar-refractivity contribution in [3.63, 3.8) is 0 Å². The first-order chi connectivity index (χ1) is 12.8. The van der Waals surface area contributed by atoms with Crippen molar-refractivity contribution in [3.8, 4) is 0 Å². The summed E-state index contributed by atoms with van der Waals surface area (Å²) in [7, 11) is -3.59. The van der Waals surface area contributed by atoms with Crippen molar-refractivity contribution in [2.24, 2.45) is 5.92 Å². The lowest BCUT2D eigenvalue weighted by Gasteiger charge is -2.38. The summed E-state index contributed by atoms with van der Waals surface area (Å²) in [4.78, 5) is 11.1. The zero-order valence-corrected chi connectivity index (χ0v) is 17.0. The molecule has 27 heavy (non-hydrogen) atoms. The highest BCUT2D eigenvalue weighted by atomic mass is 31.2. The minimum Gasteiger partial charge on any atom is -0.341 e. The Bertz CT molecular complexity index is 853. The van der Waals surface area contributed by atoms with E-state index in [1.165, 1.54) is 0 Å². The predicted octanol–water partition coefficient (Wildman–Crippen LogP) is 4.82. The summed E-state index contributed by atoms with van der Waals surface area (Å²) in [6.45, 7) is 6.36. The van der Waals surface area contributed by atoms with Crippen molar-refractivity contribution < 1.29 is 9.46 Å². The Balaban J connectivity index is 2.03. The zero-order chi connectivity index (χ0) is 19.5. The van der Waals surface area contributed by atoms with E-state index in [1.54, 1.807) is 12.1 Å². The largest absolute Gasteiger partial charge is 0.341 e. The fourth-order valence-corrected chi connectivity index (χ4v) is 5.63. The molecular formula is C23H28NO2P. The van der Waals surface area contributed by atoms with Crippen molar-refractivity contribution in [1.29, 1.82) is 0 Å². The smallest absolute Gasteiger partial charge is 0.236 e. The lowest BCUT2D eigenvalue weighted by atomic mass is 9.86. The molecule has 0 fully saturated rings. The molecule has 2 aromatic carbocycles. The van der Waals surface area contributed by atoms with Crippen molar-refractivity contribution in [2.45, 2.75) is 38.0 Å². The van der Waals surface area contributed by atoms with E-state index in [9.17, 15) is 9.46 Å². The van der Waals surface area contributed by atoms with Gasteiger partial charge in [0.25, 0.3) is 0 Å². The topological polar surface area (TPSA) is 49.3 Å². The van der Waals surface area contributed by atoms with Crippen LogP contribution in [0.3, 0.4) is 0 Å². The van der Waals surface area contributed by atoms with Crippen molar-refractivity contribution in [1.82, 2.24) is 5.32 Å². The summed E-state index contributed by atoms with van der Waals surface area (Å²) in [6.07, 6.45) is 7.81. The van der Waals surface area contributed by atoms with E-state index in [0.29, 0.717) is 5.30 Å². The number of hydrogen-bond acceptors (Lipinski definition) is 2. The first-order valence-electron chi connectivity index (χ1n) is 9.35. The normalized spacial score (nSPS) is 23.0. The second-order valence-corrected chi connectivity index (χ2v) is 10.4. The molecule has 2 N–H and O–H groups in total. The molecule has 0 bridgehead atoms. The van der Waals surface area contributed by atoms with Gasteiger partial charge in [0, 0.05) is 22.8 Å². The zero-order valence-electron chi connectivity index (χ0n) is 16.1. The highest BCUT2D eigenvalue weighted by Crippen LogP contribution is 2.52. The molecule has 0 aromatic heterocycles. The van der Waals surface area contributed by atoms with Gasteiger partial charge in [-0.2, -0.15) is 0 Å². The van der Waals surface area contributed by atoms with Crippen LogP contribution in [0, 0.1) is 5.92 Å². The third-order valence-corrected chi connectivity index (χ3v) is 7.17. The Morgan fingerprint density at radius 2 is 1.48 bits per heavy atom. The lowest BCUT2D eigenvalue weighted by molar-refractivity contribution is 0.309. The molecule has 3 rings (SSSR count). The molecule has 142 valence electrons. The van der Waals surface area contributed by atoms with Crippen LogP contribution in [-0.2, 0) is 4.57 Å². The van der Waals surface area contributed by atoms with Gasteiger partial charge < -0.3 is 10.2 Å². The lowest BCUT2D eigenvalue weighted by Crippen LogP contribution is -2.44. The van der Waals surface area contributed by atoms with E-state index >= 15 is 0 Å². The van der Waals surface area contributed by atoms with E-state index in [1.807, 2.05) is 54.6 Å². The van der Waals surface area contributed by atoms with Crippen LogP contribution in [0.1, 0.15) is 32.4 Å². The van der Waals surface area contributed by atoms with E-state index in [2.05, 4.69) is 44.3 Å². The molecule has 4 atom stereocenters. The number of hydrogen-bond donors (Lipinski definition) is 2. The van der Waals surface area contributed by atoms with Gasteiger partial charge in [0.1, 0.15) is 0 Å². The Kier molecular flexibility index (Phi) is 5.86. The van der Waals surface area contributed by atoms with E-state index in [4.69, 9.17) is 0 Å². The fourth-order valence-electron chi connectivity index (χ4n) is 3.61. The molecule has 1 aliphatic rings. The third kappa shape index (κ3) is 4.68. The summed E-state index contributed by atoms with van der Waals surface area (Å²) in [5, 5.41) is 4.18. The van der Waals surface area contributed by atoms with Crippen LogP contribution in [0.15, 0.2) is 85.0 Å². The van der Waals surface area contributed by atoms with E-state index in [-0.39, 0.29) is 17.5 Å². The molecule has 1 aliphatic carbocycles. The molecule has 2 aromatic rings. The predicted molar refractivity (Wildman–Crippen MR) is 114 cm³/mol. The van der Waals surface area contributed by atoms with Crippen molar-refractivity contribution in [3.05, 3.63) is 90.5 Å². The number of allylic oxidation sites excluding steroid dienone is 3. The standard InChI is InChI=1S/C23H28NO2P/c1-23(2,3)24-22(18-12-6-4-7-13-18)20-16-10-11-17-21(20)27(25,26)19-14-8-5-9-15-19/h4-17,20-22,24H,1-3H3,(H,25,26)/t20-,21+,22+/m1/s1. The molecule has 3 nitrogen and oxygen atoms in total. The highest BCUT2D eigenvalue weighted by molar-refractivity contribution is 7.67. The highest BCUT2D eigenvalue weighted by Gasteiger charge is 2.41. The summed E-state index contributed by atoms with van der Waals surface area (Å²) >= 11 is 0. The number of rotatable bonds is 5. The summed E-state index contributed by atoms with van der Waals surface area (Å²) in [5.74, 6) is -0.132. The van der Waals surface area contributed by atoms with Gasteiger partial charge in [0.15, 0.2) is 0 Å². The SMILES string of the molecule is CC(C)(C)N[C@@H](c1ccccc1)[C@@H]1C=CC=C[C@@H]1P(=O)(O)c1ccccc1. The van der Waals surface area contributed by atoms with Gasteiger partial charge in [-0.1, -0.05) is 72.8 Å². The van der Waals surface area contributed by atoms with Crippen molar-refractivity contribution in [2.75, 3.05) is 0 Å². The maximum absolute atomic E-state index is 13.5. The second-order valence-electron chi connectivity index (χ2n) is 8.08. The van der Waals surface area contributed by atoms with Crippen LogP contribution in [0.5, 0.6) is 0 Å². The fraction of sp³-hybridized carbons (Fsp3) is 0.304. The maximum atomic E-state index is 13.5. The van der Waals surface area contributed by atoms with Crippen LogP contribution < -0.4 is 10.6 Å². The second kappa shape index (κ2) is 7.98. The molecule has 0 radical (unpaired) electrons. The molecular weight excluding hydrogens is 353 g/mol. The average Bonchev–Trinajstić information content (AvgIpc) is 2.67. The number of benzene rings is 2. The van der Waals surface area contributed by atoms with Crippen LogP contribution >= 0.6 is 7.37 Å².